The van der Waals surface area contributed by atoms with Gasteiger partial charge in [0.1, 0.15) is 23.1 Å². The lowest BCUT2D eigenvalue weighted by Gasteiger charge is -2.35. The van der Waals surface area contributed by atoms with Crippen LogP contribution in [0.5, 0.6) is 17.2 Å². The molecule has 160 valence electrons. The van der Waals surface area contributed by atoms with Gasteiger partial charge in [0.05, 0.1) is 5.02 Å². The number of amides is 1. The predicted octanol–water partition coefficient (Wildman–Crippen LogP) is 4.94. The van der Waals surface area contributed by atoms with Gasteiger partial charge in [-0.1, -0.05) is 29.8 Å². The lowest BCUT2D eigenvalue weighted by molar-refractivity contribution is 0.0627. The van der Waals surface area contributed by atoms with E-state index in [1.54, 1.807) is 12.1 Å². The molecule has 0 aromatic heterocycles. The minimum Gasteiger partial charge on any atom is -0.508 e. The number of hydrogen-bond acceptors (Lipinski definition) is 4. The quantitative estimate of drug-likeness (QED) is 0.611. The summed E-state index contributed by atoms with van der Waals surface area (Å²) < 4.78 is 19.3. The number of piperazine rings is 1. The van der Waals surface area contributed by atoms with Crippen molar-refractivity contribution in [3.63, 3.8) is 0 Å². The van der Waals surface area contributed by atoms with Crippen molar-refractivity contribution in [1.29, 1.82) is 0 Å². The molecule has 31 heavy (non-hydrogen) atoms. The molecule has 0 unspecified atom stereocenters. The highest BCUT2D eigenvalue weighted by atomic mass is 35.5. The lowest BCUT2D eigenvalue weighted by atomic mass is 10.1. The summed E-state index contributed by atoms with van der Waals surface area (Å²) in [5.41, 5.74) is 1.56. The summed E-state index contributed by atoms with van der Waals surface area (Å²) >= 11 is 6.10. The number of carbonyl (C=O) groups excluding carboxylic acids is 1. The molecule has 3 aromatic rings. The Bertz CT molecular complexity index is 1070. The number of rotatable bonds is 5. The lowest BCUT2D eigenvalue weighted by Crippen LogP contribution is -2.48. The number of carbonyl (C=O) groups is 1. The molecule has 0 bridgehead atoms. The van der Waals surface area contributed by atoms with Gasteiger partial charge < -0.3 is 14.7 Å². The minimum absolute atomic E-state index is 0.0330. The molecule has 0 atom stereocenters. The van der Waals surface area contributed by atoms with Crippen molar-refractivity contribution in [2.24, 2.45) is 0 Å². The van der Waals surface area contributed by atoms with Crippen LogP contribution < -0.4 is 4.74 Å². The van der Waals surface area contributed by atoms with E-state index in [4.69, 9.17) is 16.3 Å². The van der Waals surface area contributed by atoms with Gasteiger partial charge in [-0.3, -0.25) is 9.69 Å². The summed E-state index contributed by atoms with van der Waals surface area (Å²) in [7, 11) is 0. The molecular formula is C24H22ClFN2O3. The predicted molar refractivity (Wildman–Crippen MR) is 117 cm³/mol. The zero-order valence-corrected chi connectivity index (χ0v) is 17.6. The maximum Gasteiger partial charge on any atom is 0.253 e. The molecule has 1 aliphatic rings. The number of ether oxygens (including phenoxy) is 1. The maximum absolute atomic E-state index is 13.3. The van der Waals surface area contributed by atoms with Gasteiger partial charge >= 0.3 is 0 Å². The van der Waals surface area contributed by atoms with Crippen molar-refractivity contribution >= 4 is 17.5 Å². The monoisotopic (exact) mass is 440 g/mol. The highest BCUT2D eigenvalue weighted by Gasteiger charge is 2.23. The topological polar surface area (TPSA) is 53.0 Å². The van der Waals surface area contributed by atoms with E-state index in [2.05, 4.69) is 4.90 Å². The van der Waals surface area contributed by atoms with E-state index < -0.39 is 5.82 Å². The van der Waals surface area contributed by atoms with E-state index in [1.165, 1.54) is 30.3 Å². The SMILES string of the molecule is O=C(c1ccc(O)cc1)N1CCN(Cc2ccccc2Oc2ccc(F)cc2Cl)CC1. The number of aromatic hydroxyl groups is 1. The number of phenolic OH excluding ortho intramolecular Hbond substituents is 1. The molecule has 1 heterocycles. The van der Waals surface area contributed by atoms with Gasteiger partial charge in [-0.05, 0) is 48.5 Å². The van der Waals surface area contributed by atoms with Crippen molar-refractivity contribution in [2.45, 2.75) is 6.54 Å². The van der Waals surface area contributed by atoms with E-state index in [0.717, 1.165) is 18.7 Å². The van der Waals surface area contributed by atoms with Crippen LogP contribution in [0.2, 0.25) is 5.02 Å². The number of nitrogens with zero attached hydrogens (tertiary/aromatic N) is 2. The third-order valence-electron chi connectivity index (χ3n) is 5.25. The van der Waals surface area contributed by atoms with E-state index in [-0.39, 0.29) is 16.7 Å². The molecule has 1 N–H and O–H groups in total. The van der Waals surface area contributed by atoms with Crippen LogP contribution in [-0.4, -0.2) is 47.0 Å². The molecule has 5 nitrogen and oxygen atoms in total. The third-order valence-corrected chi connectivity index (χ3v) is 5.55. The molecule has 7 heteroatoms. The first-order chi connectivity index (χ1) is 15.0. The van der Waals surface area contributed by atoms with Crippen LogP contribution in [0, 0.1) is 5.82 Å². The second-order valence-electron chi connectivity index (χ2n) is 7.40. The fourth-order valence-corrected chi connectivity index (χ4v) is 3.75. The van der Waals surface area contributed by atoms with Gasteiger partial charge in [0.2, 0.25) is 0 Å². The van der Waals surface area contributed by atoms with Gasteiger partial charge in [0, 0.05) is 43.9 Å². The molecule has 1 aliphatic heterocycles. The molecular weight excluding hydrogens is 419 g/mol. The summed E-state index contributed by atoms with van der Waals surface area (Å²) in [6.45, 7) is 3.36. The second kappa shape index (κ2) is 9.37. The molecule has 0 spiro atoms. The number of phenols is 1. The Morgan fingerprint density at radius 2 is 1.68 bits per heavy atom. The second-order valence-corrected chi connectivity index (χ2v) is 7.81. The average molecular weight is 441 g/mol. The molecule has 1 saturated heterocycles. The van der Waals surface area contributed by atoms with Crippen molar-refractivity contribution < 1.29 is 19.0 Å². The molecule has 0 aliphatic carbocycles. The zero-order chi connectivity index (χ0) is 21.8. The molecule has 3 aromatic carbocycles. The van der Waals surface area contributed by atoms with E-state index >= 15 is 0 Å². The molecule has 0 saturated carbocycles. The normalized spacial score (nSPS) is 14.5. The van der Waals surface area contributed by atoms with Gasteiger partial charge in [0.25, 0.3) is 5.91 Å². The summed E-state index contributed by atoms with van der Waals surface area (Å²) in [4.78, 5) is 16.7. The Balaban J connectivity index is 1.38. The average Bonchev–Trinajstić information content (AvgIpc) is 2.77. The first kappa shape index (κ1) is 21.2. The summed E-state index contributed by atoms with van der Waals surface area (Å²) in [5.74, 6) is 0.766. The van der Waals surface area contributed by atoms with Crippen molar-refractivity contribution in [2.75, 3.05) is 26.2 Å². The number of para-hydroxylation sites is 1. The Labute approximate surface area is 185 Å². The highest BCUT2D eigenvalue weighted by Crippen LogP contribution is 2.32. The number of halogens is 2. The smallest absolute Gasteiger partial charge is 0.253 e. The third kappa shape index (κ3) is 5.16. The van der Waals surface area contributed by atoms with Gasteiger partial charge in [-0.2, -0.15) is 0 Å². The standard InChI is InChI=1S/C24H22ClFN2O3/c25-21-15-19(26)7-10-23(21)31-22-4-2-1-3-18(22)16-27-11-13-28(14-12-27)24(30)17-5-8-20(29)9-6-17/h1-10,15,29H,11-14,16H2. The zero-order valence-electron chi connectivity index (χ0n) is 16.8. The fraction of sp³-hybridized carbons (Fsp3) is 0.208. The first-order valence-corrected chi connectivity index (χ1v) is 10.4. The van der Waals surface area contributed by atoms with Gasteiger partial charge in [-0.15, -0.1) is 0 Å². The van der Waals surface area contributed by atoms with Crippen molar-refractivity contribution in [1.82, 2.24) is 9.80 Å². The van der Waals surface area contributed by atoms with Crippen molar-refractivity contribution in [3.8, 4) is 17.2 Å². The van der Waals surface area contributed by atoms with Gasteiger partial charge in [0.15, 0.2) is 0 Å². The number of hydrogen-bond donors (Lipinski definition) is 1. The summed E-state index contributed by atoms with van der Waals surface area (Å²) in [5, 5.41) is 9.62. The van der Waals surface area contributed by atoms with Crippen LogP contribution in [0.25, 0.3) is 0 Å². The molecule has 0 radical (unpaired) electrons. The molecule has 1 amide bonds. The Kier molecular flexibility index (Phi) is 6.39. The van der Waals surface area contributed by atoms with E-state index in [0.29, 0.717) is 36.7 Å². The summed E-state index contributed by atoms with van der Waals surface area (Å²) in [6.07, 6.45) is 0. The molecule has 1 fully saturated rings. The highest BCUT2D eigenvalue weighted by molar-refractivity contribution is 6.32. The van der Waals surface area contributed by atoms with Crippen LogP contribution >= 0.6 is 11.6 Å². The Hall–Kier alpha value is -3.09. The first-order valence-electron chi connectivity index (χ1n) is 10.0. The van der Waals surface area contributed by atoms with Crippen LogP contribution in [0.4, 0.5) is 4.39 Å². The largest absolute Gasteiger partial charge is 0.508 e. The van der Waals surface area contributed by atoms with Crippen LogP contribution in [-0.2, 0) is 6.54 Å². The maximum atomic E-state index is 13.3. The van der Waals surface area contributed by atoms with E-state index in [1.807, 2.05) is 29.2 Å². The number of benzene rings is 3. The Morgan fingerprint density at radius 1 is 0.968 bits per heavy atom. The Morgan fingerprint density at radius 3 is 2.39 bits per heavy atom. The minimum atomic E-state index is -0.412. The fourth-order valence-electron chi connectivity index (χ4n) is 3.55. The van der Waals surface area contributed by atoms with Crippen LogP contribution in [0.15, 0.2) is 66.7 Å². The molecule has 4 rings (SSSR count). The van der Waals surface area contributed by atoms with Crippen molar-refractivity contribution in [3.05, 3.63) is 88.7 Å². The van der Waals surface area contributed by atoms with E-state index in [9.17, 15) is 14.3 Å². The van der Waals surface area contributed by atoms with Crippen LogP contribution in [0.3, 0.4) is 0 Å². The summed E-state index contributed by atoms with van der Waals surface area (Å²) in [6, 6.07) is 18.0. The van der Waals surface area contributed by atoms with Gasteiger partial charge in [-0.25, -0.2) is 4.39 Å². The van der Waals surface area contributed by atoms with Crippen LogP contribution in [0.1, 0.15) is 15.9 Å².